The number of hydrogen-bond donors (Lipinski definition) is 1. The van der Waals surface area contributed by atoms with E-state index in [0.29, 0.717) is 42.7 Å². The molecule has 2 unspecified atom stereocenters. The molecule has 6 rings (SSSR count). The number of benzene rings is 1. The van der Waals surface area contributed by atoms with E-state index in [1.165, 1.54) is 6.07 Å². The van der Waals surface area contributed by atoms with E-state index in [2.05, 4.69) is 25.2 Å². The maximum atomic E-state index is 15.0. The summed E-state index contributed by atoms with van der Waals surface area (Å²) in [7, 11) is 0. The number of halogens is 2. The fourth-order valence-corrected chi connectivity index (χ4v) is 5.34. The largest absolute Gasteiger partial charge is 0.486 e. The number of pyridine rings is 1. The number of morpholine rings is 1. The van der Waals surface area contributed by atoms with Gasteiger partial charge in [-0.1, -0.05) is 0 Å². The van der Waals surface area contributed by atoms with Crippen LogP contribution in [-0.4, -0.2) is 72.5 Å². The number of fused-ring (bicyclic) bond motifs is 2. The standard InChI is InChI=1S/C27H30F2N6O2/c1-16(2)35-6-8-37-27-20(28)9-17(10-23(27)35)26-21(29)13-32-25(33-26)11-18-3-4-19(12-31-18)34-14-22-24(15-34)36-7-5-30-22/h3-4,9-10,12-13,16,22,24,30H,5-8,11,14-15H2,1-2H3. The normalized spacial score (nSPS) is 21.1. The molecule has 3 aliphatic rings. The van der Waals surface area contributed by atoms with Crippen molar-refractivity contribution < 1.29 is 18.3 Å². The van der Waals surface area contributed by atoms with Crippen molar-refractivity contribution in [2.24, 2.45) is 0 Å². The second-order valence-electron chi connectivity index (χ2n) is 9.98. The maximum Gasteiger partial charge on any atom is 0.178 e. The molecule has 2 fully saturated rings. The van der Waals surface area contributed by atoms with Gasteiger partial charge in [-0.05, 0) is 38.1 Å². The molecule has 2 atom stereocenters. The van der Waals surface area contributed by atoms with Gasteiger partial charge < -0.3 is 24.6 Å². The van der Waals surface area contributed by atoms with Crippen molar-refractivity contribution in [3.05, 3.63) is 59.8 Å². The van der Waals surface area contributed by atoms with Gasteiger partial charge in [0.05, 0.1) is 55.5 Å². The Kier molecular flexibility index (Phi) is 6.37. The third-order valence-corrected chi connectivity index (χ3v) is 7.22. The van der Waals surface area contributed by atoms with E-state index in [4.69, 9.17) is 9.47 Å². The summed E-state index contributed by atoms with van der Waals surface area (Å²) in [5.74, 6) is -0.526. The van der Waals surface area contributed by atoms with Gasteiger partial charge in [0.15, 0.2) is 17.4 Å². The summed E-state index contributed by atoms with van der Waals surface area (Å²) < 4.78 is 41.2. The minimum absolute atomic E-state index is 0.0600. The molecule has 3 aliphatic heterocycles. The summed E-state index contributed by atoms with van der Waals surface area (Å²) in [6.45, 7) is 8.44. The van der Waals surface area contributed by atoms with Crippen LogP contribution in [0.15, 0.2) is 36.7 Å². The van der Waals surface area contributed by atoms with Crippen molar-refractivity contribution in [1.82, 2.24) is 20.3 Å². The maximum absolute atomic E-state index is 15.0. The fraction of sp³-hybridized carbons (Fsp3) is 0.444. The number of aromatic nitrogens is 3. The SMILES string of the molecule is CC(C)N1CCOc2c(F)cc(-c3nc(Cc4ccc(N5CC6NCCOC6C5)cn4)ncc3F)cc21. The van der Waals surface area contributed by atoms with Crippen LogP contribution in [0.3, 0.4) is 0 Å². The van der Waals surface area contributed by atoms with E-state index in [1.54, 1.807) is 6.07 Å². The summed E-state index contributed by atoms with van der Waals surface area (Å²) in [5, 5.41) is 3.51. The number of hydrogen-bond acceptors (Lipinski definition) is 8. The smallest absolute Gasteiger partial charge is 0.178 e. The average Bonchev–Trinajstić information content (AvgIpc) is 3.34. The quantitative estimate of drug-likeness (QED) is 0.563. The zero-order valence-corrected chi connectivity index (χ0v) is 21.0. The third-order valence-electron chi connectivity index (χ3n) is 7.22. The van der Waals surface area contributed by atoms with E-state index in [9.17, 15) is 8.78 Å². The van der Waals surface area contributed by atoms with Crippen molar-refractivity contribution in [2.75, 3.05) is 49.2 Å². The molecule has 0 aliphatic carbocycles. The predicted octanol–water partition coefficient (Wildman–Crippen LogP) is 3.19. The molecule has 1 aromatic carbocycles. The van der Waals surface area contributed by atoms with Crippen LogP contribution in [0.25, 0.3) is 11.3 Å². The van der Waals surface area contributed by atoms with E-state index in [0.717, 1.165) is 43.8 Å². The molecular formula is C27H30F2N6O2. The van der Waals surface area contributed by atoms with Gasteiger partial charge in [-0.25, -0.2) is 18.7 Å². The van der Waals surface area contributed by atoms with E-state index < -0.39 is 11.6 Å². The minimum atomic E-state index is -0.606. The van der Waals surface area contributed by atoms with E-state index in [1.807, 2.05) is 37.1 Å². The van der Waals surface area contributed by atoms with Gasteiger partial charge in [0.1, 0.15) is 18.1 Å². The van der Waals surface area contributed by atoms with Crippen LogP contribution in [0.4, 0.5) is 20.2 Å². The molecule has 0 bridgehead atoms. The number of ether oxygens (including phenoxy) is 2. The predicted molar refractivity (Wildman–Crippen MR) is 136 cm³/mol. The Morgan fingerprint density at radius 2 is 1.97 bits per heavy atom. The highest BCUT2D eigenvalue weighted by molar-refractivity contribution is 5.72. The molecule has 0 spiro atoms. The highest BCUT2D eigenvalue weighted by atomic mass is 19.1. The minimum Gasteiger partial charge on any atom is -0.486 e. The molecule has 3 aromatic rings. The topological polar surface area (TPSA) is 75.6 Å². The van der Waals surface area contributed by atoms with Crippen LogP contribution in [0.2, 0.25) is 0 Å². The zero-order valence-electron chi connectivity index (χ0n) is 21.0. The molecule has 2 saturated heterocycles. The summed E-state index contributed by atoms with van der Waals surface area (Å²) in [6.07, 6.45) is 3.51. The monoisotopic (exact) mass is 508 g/mol. The van der Waals surface area contributed by atoms with Crippen molar-refractivity contribution in [3.8, 4) is 17.0 Å². The summed E-state index contributed by atoms with van der Waals surface area (Å²) >= 11 is 0. The average molecular weight is 509 g/mol. The Balaban J connectivity index is 1.22. The summed E-state index contributed by atoms with van der Waals surface area (Å²) in [4.78, 5) is 17.6. The van der Waals surface area contributed by atoms with Gasteiger partial charge in [0.2, 0.25) is 0 Å². The molecule has 5 heterocycles. The molecule has 37 heavy (non-hydrogen) atoms. The molecule has 0 radical (unpaired) electrons. The first kappa shape index (κ1) is 24.0. The first-order valence-corrected chi connectivity index (χ1v) is 12.8. The lowest BCUT2D eigenvalue weighted by Crippen LogP contribution is -2.47. The first-order valence-electron chi connectivity index (χ1n) is 12.8. The second-order valence-corrected chi connectivity index (χ2v) is 9.98. The molecule has 194 valence electrons. The van der Waals surface area contributed by atoms with Crippen LogP contribution in [0.1, 0.15) is 25.4 Å². The summed E-state index contributed by atoms with van der Waals surface area (Å²) in [5.41, 5.74) is 2.82. The van der Waals surface area contributed by atoms with Crippen LogP contribution in [0, 0.1) is 11.6 Å². The summed E-state index contributed by atoms with van der Waals surface area (Å²) in [6, 6.07) is 7.47. The van der Waals surface area contributed by atoms with Crippen LogP contribution < -0.4 is 19.9 Å². The van der Waals surface area contributed by atoms with Crippen LogP contribution in [0.5, 0.6) is 5.75 Å². The molecule has 2 aromatic heterocycles. The number of anilines is 2. The van der Waals surface area contributed by atoms with Gasteiger partial charge in [0, 0.05) is 36.9 Å². The third kappa shape index (κ3) is 4.71. The highest BCUT2D eigenvalue weighted by Gasteiger charge is 2.35. The van der Waals surface area contributed by atoms with E-state index >= 15 is 0 Å². The molecule has 0 amide bonds. The Morgan fingerprint density at radius 3 is 2.76 bits per heavy atom. The molecular weight excluding hydrogens is 478 g/mol. The lowest BCUT2D eigenvalue weighted by molar-refractivity contribution is 0.0212. The first-order chi connectivity index (χ1) is 18.0. The van der Waals surface area contributed by atoms with Crippen molar-refractivity contribution in [3.63, 3.8) is 0 Å². The van der Waals surface area contributed by atoms with Crippen LogP contribution >= 0.6 is 0 Å². The second kappa shape index (κ2) is 9.83. The van der Waals surface area contributed by atoms with Gasteiger partial charge >= 0.3 is 0 Å². The number of nitrogens with one attached hydrogen (secondary N) is 1. The van der Waals surface area contributed by atoms with Gasteiger partial charge in [-0.15, -0.1) is 0 Å². The van der Waals surface area contributed by atoms with Gasteiger partial charge in [-0.2, -0.15) is 0 Å². The molecule has 1 N–H and O–H groups in total. The molecule has 0 saturated carbocycles. The van der Waals surface area contributed by atoms with Gasteiger partial charge in [-0.3, -0.25) is 4.98 Å². The van der Waals surface area contributed by atoms with Crippen LogP contribution in [-0.2, 0) is 11.2 Å². The fourth-order valence-electron chi connectivity index (χ4n) is 5.34. The van der Waals surface area contributed by atoms with Crippen molar-refractivity contribution >= 4 is 11.4 Å². The number of nitrogens with zero attached hydrogens (tertiary/aromatic N) is 5. The Hall–Kier alpha value is -3.37. The lowest BCUT2D eigenvalue weighted by atomic mass is 10.1. The van der Waals surface area contributed by atoms with Crippen molar-refractivity contribution in [1.29, 1.82) is 0 Å². The highest BCUT2D eigenvalue weighted by Crippen LogP contribution is 2.39. The molecule has 10 heteroatoms. The zero-order chi connectivity index (χ0) is 25.5. The Labute approximate surface area is 214 Å². The molecule has 8 nitrogen and oxygen atoms in total. The Bertz CT molecular complexity index is 1270. The van der Waals surface area contributed by atoms with Gasteiger partial charge in [0.25, 0.3) is 0 Å². The number of rotatable bonds is 5. The van der Waals surface area contributed by atoms with E-state index in [-0.39, 0.29) is 23.6 Å². The van der Waals surface area contributed by atoms with Crippen molar-refractivity contribution in [2.45, 2.75) is 38.5 Å². The lowest BCUT2D eigenvalue weighted by Gasteiger charge is -2.34. The Morgan fingerprint density at radius 1 is 1.08 bits per heavy atom.